The zero-order chi connectivity index (χ0) is 25.2. The molecule has 0 radical (unpaired) electrons. The Balaban J connectivity index is 1.43. The Labute approximate surface area is 204 Å². The molecule has 1 aromatic carbocycles. The van der Waals surface area contributed by atoms with Crippen LogP contribution in [0.1, 0.15) is 50.4 Å². The van der Waals surface area contributed by atoms with Gasteiger partial charge in [-0.2, -0.15) is 0 Å². The number of ketones is 2. The first kappa shape index (κ1) is 23.9. The van der Waals surface area contributed by atoms with Gasteiger partial charge in [-0.1, -0.05) is 49.8 Å². The highest BCUT2D eigenvalue weighted by molar-refractivity contribution is 6.01. The van der Waals surface area contributed by atoms with Crippen molar-refractivity contribution in [1.82, 2.24) is 0 Å². The van der Waals surface area contributed by atoms with E-state index in [2.05, 4.69) is 0 Å². The van der Waals surface area contributed by atoms with E-state index in [1.807, 2.05) is 26.8 Å². The third-order valence-corrected chi connectivity index (χ3v) is 9.29. The highest BCUT2D eigenvalue weighted by atomic mass is 19.1. The highest BCUT2D eigenvalue weighted by Gasteiger charge is 2.67. The zero-order valence-electron chi connectivity index (χ0n) is 20.3. The number of allylic oxidation sites excluding steroid dienone is 6. The Hall–Kier alpha value is -2.86. The molecule has 0 saturated heterocycles. The summed E-state index contributed by atoms with van der Waals surface area (Å²) < 4.78 is 20.7. The largest absolute Gasteiger partial charge is 0.454 e. The molecule has 0 heterocycles. The lowest BCUT2D eigenvalue weighted by Crippen LogP contribution is -2.58. The van der Waals surface area contributed by atoms with Crippen LogP contribution in [0.5, 0.6) is 0 Å². The second-order valence-corrected chi connectivity index (χ2v) is 11.0. The summed E-state index contributed by atoms with van der Waals surface area (Å²) in [6.45, 7) is 5.20. The Kier molecular flexibility index (Phi) is 5.51. The van der Waals surface area contributed by atoms with Gasteiger partial charge in [0.15, 0.2) is 12.4 Å². The van der Waals surface area contributed by atoms with E-state index >= 15 is 4.39 Å². The molecule has 6 heteroatoms. The maximum Gasteiger partial charge on any atom is 0.338 e. The highest BCUT2D eigenvalue weighted by Crippen LogP contribution is 2.66. The van der Waals surface area contributed by atoms with Gasteiger partial charge in [0.05, 0.1) is 5.56 Å². The Bertz CT molecular complexity index is 1180. The van der Waals surface area contributed by atoms with Crippen molar-refractivity contribution < 1.29 is 28.6 Å². The van der Waals surface area contributed by atoms with Crippen LogP contribution in [0, 0.1) is 28.6 Å². The molecule has 2 fully saturated rings. The minimum Gasteiger partial charge on any atom is -0.454 e. The molecule has 5 nitrogen and oxygen atoms in total. The van der Waals surface area contributed by atoms with E-state index in [4.69, 9.17) is 4.74 Å². The van der Waals surface area contributed by atoms with Crippen LogP contribution < -0.4 is 0 Å². The number of halogens is 1. The molecule has 1 N–H and O–H groups in total. The van der Waals surface area contributed by atoms with Gasteiger partial charge in [-0.05, 0) is 73.8 Å². The van der Waals surface area contributed by atoms with Gasteiger partial charge in [-0.15, -0.1) is 0 Å². The summed E-state index contributed by atoms with van der Waals surface area (Å²) in [6, 6.07) is 8.42. The first-order chi connectivity index (χ1) is 16.5. The lowest BCUT2D eigenvalue weighted by molar-refractivity contribution is -0.161. The molecule has 0 aliphatic heterocycles. The van der Waals surface area contributed by atoms with Crippen LogP contribution in [0.2, 0.25) is 0 Å². The van der Waals surface area contributed by atoms with Gasteiger partial charge in [0.25, 0.3) is 0 Å². The molecule has 5 rings (SSSR count). The van der Waals surface area contributed by atoms with Crippen molar-refractivity contribution in [2.24, 2.45) is 28.6 Å². The van der Waals surface area contributed by atoms with Gasteiger partial charge in [0, 0.05) is 10.8 Å². The molecule has 0 unspecified atom stereocenters. The van der Waals surface area contributed by atoms with Gasteiger partial charge in [0.2, 0.25) is 5.78 Å². The van der Waals surface area contributed by atoms with Crippen molar-refractivity contribution in [3.05, 3.63) is 71.3 Å². The van der Waals surface area contributed by atoms with Crippen molar-refractivity contribution in [2.75, 3.05) is 6.61 Å². The van der Waals surface area contributed by atoms with Crippen LogP contribution in [0.4, 0.5) is 4.39 Å². The summed E-state index contributed by atoms with van der Waals surface area (Å²) in [7, 11) is 0. The molecule has 0 spiro atoms. The van der Waals surface area contributed by atoms with Crippen LogP contribution in [0.15, 0.2) is 65.8 Å². The minimum absolute atomic E-state index is 0.112. The standard InChI is InChI=1S/C29H31FO5/c1-17-13-22-20-15-24(30)23-14-19(31)9-11-27(23,2)21(20)10-12-28(22,3)29(17,34)25(32)16-35-26(33)18-7-5-4-6-8-18/h4-11,14,17,20,22,24,34H,12-13,15-16H2,1-3H3/t17-,20+,22-,24+,27+,28-,29-/m0/s1. The quantitative estimate of drug-likeness (QED) is 0.507. The molecule has 4 aliphatic carbocycles. The van der Waals surface area contributed by atoms with Crippen molar-refractivity contribution in [2.45, 2.75) is 51.8 Å². The summed E-state index contributed by atoms with van der Waals surface area (Å²) >= 11 is 0. The SMILES string of the molecule is C[C@H]1C[C@H]2[C@@H]3C[C@@H](F)C4=CC(=O)C=C[C@]4(C)C3=CC[C@]2(C)[C@@]1(O)C(=O)COC(=O)c1ccccc1. The number of rotatable bonds is 4. The molecular formula is C29H31FO5. The Morgan fingerprint density at radius 1 is 1.14 bits per heavy atom. The Morgan fingerprint density at radius 2 is 1.86 bits per heavy atom. The normalized spacial score (nSPS) is 39.6. The van der Waals surface area contributed by atoms with Crippen LogP contribution in [0.25, 0.3) is 0 Å². The first-order valence-electron chi connectivity index (χ1n) is 12.3. The maximum atomic E-state index is 15.4. The van der Waals surface area contributed by atoms with Crippen LogP contribution >= 0.6 is 0 Å². The van der Waals surface area contributed by atoms with Crippen molar-refractivity contribution in [3.63, 3.8) is 0 Å². The van der Waals surface area contributed by atoms with Gasteiger partial charge in [-0.25, -0.2) is 9.18 Å². The third kappa shape index (κ3) is 3.33. The van der Waals surface area contributed by atoms with Crippen molar-refractivity contribution >= 4 is 17.5 Å². The number of ether oxygens (including phenoxy) is 1. The lowest BCUT2D eigenvalue weighted by atomic mass is 9.51. The molecule has 35 heavy (non-hydrogen) atoms. The summed E-state index contributed by atoms with van der Waals surface area (Å²) in [4.78, 5) is 37.8. The van der Waals surface area contributed by atoms with Gasteiger partial charge < -0.3 is 9.84 Å². The number of benzene rings is 1. The topological polar surface area (TPSA) is 80.7 Å². The van der Waals surface area contributed by atoms with E-state index < -0.39 is 41.0 Å². The van der Waals surface area contributed by atoms with Crippen LogP contribution in [0.3, 0.4) is 0 Å². The van der Waals surface area contributed by atoms with Crippen molar-refractivity contribution in [1.29, 1.82) is 0 Å². The fourth-order valence-corrected chi connectivity index (χ4v) is 7.37. The van der Waals surface area contributed by atoms with E-state index in [0.29, 0.717) is 24.0 Å². The van der Waals surface area contributed by atoms with E-state index in [0.717, 1.165) is 5.57 Å². The molecule has 1 aromatic rings. The summed E-state index contributed by atoms with van der Waals surface area (Å²) in [5, 5.41) is 11.9. The van der Waals surface area contributed by atoms with Gasteiger partial charge in [-0.3, -0.25) is 9.59 Å². The van der Waals surface area contributed by atoms with Crippen LogP contribution in [-0.2, 0) is 14.3 Å². The fraction of sp³-hybridized carbons (Fsp3) is 0.483. The number of aliphatic hydroxyl groups is 1. The molecule has 2 saturated carbocycles. The molecule has 0 aromatic heterocycles. The zero-order valence-corrected chi connectivity index (χ0v) is 20.3. The lowest BCUT2D eigenvalue weighted by Gasteiger charge is -2.54. The predicted octanol–water partition coefficient (Wildman–Crippen LogP) is 4.57. The summed E-state index contributed by atoms with van der Waals surface area (Å²) in [5.74, 6) is -1.96. The van der Waals surface area contributed by atoms with E-state index in [-0.39, 0.29) is 30.0 Å². The second-order valence-electron chi connectivity index (χ2n) is 11.0. The number of hydrogen-bond donors (Lipinski definition) is 1. The van der Waals surface area contributed by atoms with E-state index in [1.54, 1.807) is 36.4 Å². The number of fused-ring (bicyclic) bond motifs is 5. The molecule has 184 valence electrons. The monoisotopic (exact) mass is 478 g/mol. The van der Waals surface area contributed by atoms with E-state index in [1.165, 1.54) is 12.2 Å². The number of hydrogen-bond acceptors (Lipinski definition) is 5. The summed E-state index contributed by atoms with van der Waals surface area (Å²) in [5.41, 5.74) is -1.27. The first-order valence-corrected chi connectivity index (χ1v) is 12.3. The van der Waals surface area contributed by atoms with E-state index in [9.17, 15) is 19.5 Å². The third-order valence-electron chi connectivity index (χ3n) is 9.29. The summed E-state index contributed by atoms with van der Waals surface area (Å²) in [6.07, 6.45) is 6.77. The molecule has 7 atom stereocenters. The van der Waals surface area contributed by atoms with Crippen LogP contribution in [-0.4, -0.2) is 41.0 Å². The fourth-order valence-electron chi connectivity index (χ4n) is 7.37. The Morgan fingerprint density at radius 3 is 2.57 bits per heavy atom. The second kappa shape index (κ2) is 8.09. The predicted molar refractivity (Wildman–Crippen MR) is 128 cm³/mol. The van der Waals surface area contributed by atoms with Crippen molar-refractivity contribution in [3.8, 4) is 0 Å². The average molecular weight is 479 g/mol. The van der Waals surface area contributed by atoms with Gasteiger partial charge in [0.1, 0.15) is 11.8 Å². The van der Waals surface area contributed by atoms with Gasteiger partial charge >= 0.3 is 5.97 Å². The maximum absolute atomic E-state index is 15.4. The number of alkyl halides is 1. The molecule has 4 aliphatic rings. The number of carbonyl (C=O) groups is 3. The number of esters is 1. The minimum atomic E-state index is -1.70. The molecule has 0 amide bonds. The average Bonchev–Trinajstić information content (AvgIpc) is 3.06. The smallest absolute Gasteiger partial charge is 0.338 e. The number of carbonyl (C=O) groups excluding carboxylic acids is 3. The number of Topliss-reactive ketones (excluding diaryl/α,β-unsaturated/α-hetero) is 1. The molecular weight excluding hydrogens is 447 g/mol. The molecule has 0 bridgehead atoms.